The van der Waals surface area contributed by atoms with Gasteiger partial charge in [0.1, 0.15) is 30.5 Å². The Labute approximate surface area is 414 Å². The lowest BCUT2D eigenvalue weighted by atomic mass is 9.99. The van der Waals surface area contributed by atoms with Crippen molar-refractivity contribution in [2.24, 2.45) is 0 Å². The molecule has 68 heavy (non-hydrogen) atoms. The first-order valence-corrected chi connectivity index (χ1v) is 28.4. The molecule has 1 saturated heterocycles. The molecule has 0 aromatic carbocycles. The standard InChI is InChI=1S/C55H98O12S/c1-3-5-7-9-11-13-15-17-19-21-23-25-26-28-30-32-34-36-38-40-42-44-51(57)65-49(48-64-55-53(59)54(67-68(60,61)62)52(58)50(46-56)66-55)47-63-45-43-41-39-37-35-33-31-29-27-24-22-20-18-16-14-12-10-8-6-4-2/h5,7,11,13,17,19,23,25,28,30,49-50,52-56,58-59H,3-4,6,8-10,12,14-16,18,20-22,24,26-27,29,31-48H2,1-2H3,(H,60,61,62)/b7-5-,13-11-,19-17-,25-23-,30-28-. The summed E-state index contributed by atoms with van der Waals surface area (Å²) >= 11 is 0. The molecule has 12 nitrogen and oxygen atoms in total. The third-order valence-corrected chi connectivity index (χ3v) is 12.6. The Hall–Kier alpha value is -2.20. The fourth-order valence-corrected chi connectivity index (χ4v) is 8.62. The summed E-state index contributed by atoms with van der Waals surface area (Å²) in [4.78, 5) is 12.9. The average molecular weight is 983 g/mol. The summed E-state index contributed by atoms with van der Waals surface area (Å²) in [7, 11) is -5.07. The van der Waals surface area contributed by atoms with E-state index in [2.05, 4.69) is 78.8 Å². The van der Waals surface area contributed by atoms with E-state index in [1.54, 1.807) is 0 Å². The molecule has 6 atom stereocenters. The molecule has 6 unspecified atom stereocenters. The summed E-state index contributed by atoms with van der Waals surface area (Å²) in [6.07, 6.45) is 49.6. The van der Waals surface area contributed by atoms with E-state index >= 15 is 0 Å². The van der Waals surface area contributed by atoms with Crippen molar-refractivity contribution in [2.75, 3.05) is 26.4 Å². The summed E-state index contributed by atoms with van der Waals surface area (Å²) in [6.45, 7) is 3.88. The fourth-order valence-electron chi connectivity index (χ4n) is 8.11. The third-order valence-electron chi connectivity index (χ3n) is 12.2. The van der Waals surface area contributed by atoms with Crippen molar-refractivity contribution in [1.29, 1.82) is 0 Å². The molecule has 1 heterocycles. The second-order valence-corrected chi connectivity index (χ2v) is 19.5. The monoisotopic (exact) mass is 983 g/mol. The maximum absolute atomic E-state index is 12.9. The van der Waals surface area contributed by atoms with Gasteiger partial charge in [-0.1, -0.05) is 216 Å². The number of unbranched alkanes of at least 4 members (excludes halogenated alkanes) is 24. The highest BCUT2D eigenvalue weighted by Crippen LogP contribution is 2.26. The molecule has 0 amide bonds. The van der Waals surface area contributed by atoms with Crippen LogP contribution >= 0.6 is 0 Å². The summed E-state index contributed by atoms with van der Waals surface area (Å²) < 4.78 is 59.3. The first-order valence-electron chi connectivity index (χ1n) is 27.0. The normalized spacial score (nSPS) is 19.8. The number of aliphatic hydroxyl groups excluding tert-OH is 3. The van der Waals surface area contributed by atoms with Crippen LogP contribution in [0.4, 0.5) is 0 Å². The van der Waals surface area contributed by atoms with E-state index in [1.165, 1.54) is 109 Å². The lowest BCUT2D eigenvalue weighted by Crippen LogP contribution is -2.60. The highest BCUT2D eigenvalue weighted by molar-refractivity contribution is 7.80. The number of carbonyl (C=O) groups excluding carboxylic acids is 1. The van der Waals surface area contributed by atoms with Crippen LogP contribution in [-0.4, -0.2) is 97.5 Å². The Bertz CT molecular complexity index is 1410. The van der Waals surface area contributed by atoms with Gasteiger partial charge in [0.25, 0.3) is 0 Å². The third kappa shape index (κ3) is 38.5. The van der Waals surface area contributed by atoms with Crippen molar-refractivity contribution in [3.63, 3.8) is 0 Å². The van der Waals surface area contributed by atoms with Crippen molar-refractivity contribution in [1.82, 2.24) is 0 Å². The fraction of sp³-hybridized carbons (Fsp3) is 0.800. The number of allylic oxidation sites excluding steroid dienone is 10. The molecule has 1 aliphatic heterocycles. The number of ether oxygens (including phenoxy) is 4. The molecule has 0 saturated carbocycles. The van der Waals surface area contributed by atoms with E-state index in [0.29, 0.717) is 13.0 Å². The highest BCUT2D eigenvalue weighted by Gasteiger charge is 2.48. The van der Waals surface area contributed by atoms with Crippen molar-refractivity contribution in [3.05, 3.63) is 60.8 Å². The van der Waals surface area contributed by atoms with E-state index in [1.807, 2.05) is 0 Å². The van der Waals surface area contributed by atoms with Crippen LogP contribution in [0.5, 0.6) is 0 Å². The van der Waals surface area contributed by atoms with Crippen LogP contribution < -0.4 is 0 Å². The van der Waals surface area contributed by atoms with Crippen LogP contribution in [0.1, 0.15) is 219 Å². The zero-order chi connectivity index (χ0) is 49.6. The lowest BCUT2D eigenvalue weighted by molar-refractivity contribution is -0.301. The number of rotatable bonds is 47. The summed E-state index contributed by atoms with van der Waals surface area (Å²) in [6, 6.07) is 0. The Balaban J connectivity index is 2.35. The van der Waals surface area contributed by atoms with Crippen LogP contribution in [-0.2, 0) is 38.3 Å². The Morgan fingerprint density at radius 2 is 1.01 bits per heavy atom. The topological polar surface area (TPSA) is 178 Å². The van der Waals surface area contributed by atoms with E-state index in [0.717, 1.165) is 83.5 Å². The molecule has 396 valence electrons. The van der Waals surface area contributed by atoms with Gasteiger partial charge < -0.3 is 34.3 Å². The Kier molecular flexibility index (Phi) is 43.1. The van der Waals surface area contributed by atoms with Gasteiger partial charge in [0.05, 0.1) is 19.8 Å². The van der Waals surface area contributed by atoms with E-state index in [9.17, 15) is 33.1 Å². The van der Waals surface area contributed by atoms with Gasteiger partial charge in [-0.15, -0.1) is 0 Å². The molecule has 1 rings (SSSR count). The first kappa shape index (κ1) is 63.8. The van der Waals surface area contributed by atoms with Gasteiger partial charge in [-0.2, -0.15) is 8.42 Å². The molecule has 1 fully saturated rings. The van der Waals surface area contributed by atoms with Crippen LogP contribution in [0, 0.1) is 0 Å². The van der Waals surface area contributed by atoms with Gasteiger partial charge >= 0.3 is 16.4 Å². The van der Waals surface area contributed by atoms with E-state index in [4.69, 9.17) is 18.9 Å². The Morgan fingerprint density at radius 1 is 0.574 bits per heavy atom. The van der Waals surface area contributed by atoms with Crippen LogP contribution in [0.25, 0.3) is 0 Å². The summed E-state index contributed by atoms with van der Waals surface area (Å²) in [5.74, 6) is -0.416. The van der Waals surface area contributed by atoms with Gasteiger partial charge in [0.2, 0.25) is 0 Å². The Morgan fingerprint density at radius 3 is 1.49 bits per heavy atom. The van der Waals surface area contributed by atoms with Gasteiger partial charge in [-0.3, -0.25) is 9.35 Å². The van der Waals surface area contributed by atoms with E-state index in [-0.39, 0.29) is 19.6 Å². The smallest absolute Gasteiger partial charge is 0.397 e. The second kappa shape index (κ2) is 45.9. The predicted octanol–water partition coefficient (Wildman–Crippen LogP) is 12.9. The molecule has 0 spiro atoms. The quantitative estimate of drug-likeness (QED) is 0.0197. The largest absolute Gasteiger partial charge is 0.457 e. The average Bonchev–Trinajstić information content (AvgIpc) is 3.31. The van der Waals surface area contributed by atoms with Gasteiger partial charge in [0.15, 0.2) is 6.29 Å². The summed E-state index contributed by atoms with van der Waals surface area (Å²) in [5, 5.41) is 30.8. The molecular weight excluding hydrogens is 885 g/mol. The van der Waals surface area contributed by atoms with Crippen molar-refractivity contribution in [2.45, 2.75) is 256 Å². The molecule has 0 aliphatic carbocycles. The molecule has 0 radical (unpaired) electrons. The predicted molar refractivity (Wildman–Crippen MR) is 276 cm³/mol. The van der Waals surface area contributed by atoms with Gasteiger partial charge in [-0.05, 0) is 57.8 Å². The van der Waals surface area contributed by atoms with E-state index < -0.39 is 59.8 Å². The maximum Gasteiger partial charge on any atom is 0.397 e. The van der Waals surface area contributed by atoms with Crippen molar-refractivity contribution >= 4 is 16.4 Å². The molecule has 0 bridgehead atoms. The van der Waals surface area contributed by atoms with Crippen LogP contribution in [0.3, 0.4) is 0 Å². The molecular formula is C55H98O12S. The zero-order valence-electron chi connectivity index (χ0n) is 42.7. The second-order valence-electron chi connectivity index (χ2n) is 18.4. The minimum atomic E-state index is -5.07. The molecule has 13 heteroatoms. The first-order chi connectivity index (χ1) is 33.1. The molecule has 1 aliphatic rings. The minimum Gasteiger partial charge on any atom is -0.457 e. The maximum atomic E-state index is 12.9. The zero-order valence-corrected chi connectivity index (χ0v) is 43.5. The number of aliphatic hydroxyl groups is 3. The number of hydrogen-bond acceptors (Lipinski definition) is 11. The van der Waals surface area contributed by atoms with Crippen molar-refractivity contribution in [3.8, 4) is 0 Å². The van der Waals surface area contributed by atoms with Gasteiger partial charge in [0, 0.05) is 13.0 Å². The van der Waals surface area contributed by atoms with Crippen LogP contribution in [0.15, 0.2) is 60.8 Å². The molecule has 0 aromatic rings. The van der Waals surface area contributed by atoms with Crippen LogP contribution in [0.2, 0.25) is 0 Å². The molecule has 4 N–H and O–H groups in total. The number of esters is 1. The van der Waals surface area contributed by atoms with Crippen molar-refractivity contribution < 1.29 is 56.2 Å². The highest BCUT2D eigenvalue weighted by atomic mass is 32.3. The van der Waals surface area contributed by atoms with Gasteiger partial charge in [-0.25, -0.2) is 4.18 Å². The SMILES string of the molecule is CC/C=C\C/C=C\C/C=C\C/C=C\C/C=C\CCCCCCCC(=O)OC(COCCCCCCCCCCCCCCCCCCCCCC)COC1OC(CO)C(O)C(OS(=O)(=O)O)C1O. The lowest BCUT2D eigenvalue weighted by Gasteiger charge is -2.41. The minimum absolute atomic E-state index is 0.0283. The molecule has 0 aromatic heterocycles. The number of carbonyl (C=O) groups is 1. The summed E-state index contributed by atoms with van der Waals surface area (Å²) in [5.41, 5.74) is 0. The number of hydrogen-bond donors (Lipinski definition) is 4.